The first-order valence-electron chi connectivity index (χ1n) is 13.3. The number of ether oxygens (including phenoxy) is 6. The van der Waals surface area contributed by atoms with Gasteiger partial charge in [0.15, 0.2) is 11.6 Å². The number of rotatable bonds is 2. The van der Waals surface area contributed by atoms with Gasteiger partial charge in [0.1, 0.15) is 0 Å². The van der Waals surface area contributed by atoms with Gasteiger partial charge in [-0.1, -0.05) is 0 Å². The van der Waals surface area contributed by atoms with Crippen molar-refractivity contribution >= 4 is 11.9 Å². The number of hydrogen-bond acceptors (Lipinski definition) is 8. The van der Waals surface area contributed by atoms with Gasteiger partial charge < -0.3 is 28.4 Å². The lowest BCUT2D eigenvalue weighted by Gasteiger charge is -2.59. The maximum absolute atomic E-state index is 14.2. The summed E-state index contributed by atoms with van der Waals surface area (Å²) < 4.78 is 36.6. The van der Waals surface area contributed by atoms with E-state index in [4.69, 9.17) is 28.4 Å². The van der Waals surface area contributed by atoms with E-state index in [1.165, 1.54) is 14.2 Å². The molecule has 0 aromatic carbocycles. The maximum atomic E-state index is 14.2. The SMILES string of the molecule is COC(=O)C12C3C4CCC5(OCCO5)C4C4C3C3C(C5CCC6(OCCO6)C5C31)C42C(=O)OC. The Hall–Kier alpha value is -1.22. The molecule has 0 radical (unpaired) electrons. The summed E-state index contributed by atoms with van der Waals surface area (Å²) in [6.07, 6.45) is 3.66. The van der Waals surface area contributed by atoms with Crippen LogP contribution in [0.4, 0.5) is 0 Å². The van der Waals surface area contributed by atoms with Crippen molar-refractivity contribution in [2.24, 2.45) is 70.0 Å². The topological polar surface area (TPSA) is 89.5 Å². The average Bonchev–Trinajstić information content (AvgIpc) is 3.69. The Morgan fingerprint density at radius 2 is 1.00 bits per heavy atom. The molecule has 8 heteroatoms. The van der Waals surface area contributed by atoms with Gasteiger partial charge in [-0.2, -0.15) is 0 Å². The summed E-state index contributed by atoms with van der Waals surface area (Å²) in [6, 6.07) is 0. The summed E-state index contributed by atoms with van der Waals surface area (Å²) in [5.74, 6) is 0.347. The first-order valence-corrected chi connectivity index (χ1v) is 13.3. The van der Waals surface area contributed by atoms with Crippen LogP contribution >= 0.6 is 0 Å². The highest BCUT2D eigenvalue weighted by Gasteiger charge is 3.03. The third-order valence-electron chi connectivity index (χ3n) is 12.8. The minimum atomic E-state index is -0.849. The number of esters is 2. The summed E-state index contributed by atoms with van der Waals surface area (Å²) in [4.78, 5) is 28.3. The van der Waals surface area contributed by atoms with Crippen molar-refractivity contribution in [1.82, 2.24) is 0 Å². The fourth-order valence-electron chi connectivity index (χ4n) is 13.3. The molecular weight excluding hydrogens is 440 g/mol. The molecule has 12 unspecified atom stereocenters. The summed E-state index contributed by atoms with van der Waals surface area (Å²) in [7, 11) is 2.99. The molecule has 34 heavy (non-hydrogen) atoms. The van der Waals surface area contributed by atoms with Crippen LogP contribution in [0.5, 0.6) is 0 Å². The average molecular weight is 473 g/mol. The van der Waals surface area contributed by atoms with Crippen LogP contribution in [0.1, 0.15) is 25.7 Å². The van der Waals surface area contributed by atoms with Gasteiger partial charge in [-0.25, -0.2) is 0 Å². The number of carbonyl (C=O) groups excluding carboxylic acids is 2. The highest BCUT2D eigenvalue weighted by atomic mass is 16.7. The van der Waals surface area contributed by atoms with Gasteiger partial charge in [-0.3, -0.25) is 9.59 Å². The summed E-state index contributed by atoms with van der Waals surface area (Å²) in [6.45, 7) is 2.43. The highest BCUT2D eigenvalue weighted by molar-refractivity contribution is 5.94. The molecule has 2 heterocycles. The monoisotopic (exact) mass is 472 g/mol. The molecule has 8 saturated carbocycles. The molecule has 8 bridgehead atoms. The Morgan fingerprint density at radius 3 is 1.35 bits per heavy atom. The third kappa shape index (κ3) is 1.53. The Bertz CT molecular complexity index is 934. The molecule has 0 N–H and O–H groups in total. The molecule has 2 spiro atoms. The van der Waals surface area contributed by atoms with E-state index >= 15 is 0 Å². The lowest BCUT2D eigenvalue weighted by atomic mass is 9.43. The van der Waals surface area contributed by atoms with Crippen LogP contribution in [0.25, 0.3) is 0 Å². The Balaban J connectivity index is 1.29. The zero-order chi connectivity index (χ0) is 22.8. The Morgan fingerprint density at radius 1 is 0.618 bits per heavy atom. The fourth-order valence-corrected chi connectivity index (χ4v) is 13.3. The smallest absolute Gasteiger partial charge is 0.313 e. The second-order valence-corrected chi connectivity index (χ2v) is 12.5. The molecule has 184 valence electrons. The van der Waals surface area contributed by atoms with Crippen LogP contribution in [-0.2, 0) is 38.0 Å². The van der Waals surface area contributed by atoms with Crippen LogP contribution in [0.15, 0.2) is 0 Å². The second-order valence-electron chi connectivity index (χ2n) is 12.5. The van der Waals surface area contributed by atoms with Crippen molar-refractivity contribution in [3.63, 3.8) is 0 Å². The predicted octanol–water partition coefficient (Wildman–Crippen LogP) is 1.61. The van der Waals surface area contributed by atoms with Crippen LogP contribution in [0.2, 0.25) is 0 Å². The summed E-state index contributed by atoms with van der Waals surface area (Å²) in [5, 5.41) is 0. The molecule has 0 amide bonds. The minimum Gasteiger partial charge on any atom is -0.469 e. The number of carbonyl (C=O) groups is 2. The fraction of sp³-hybridized carbons (Fsp3) is 0.923. The standard InChI is InChI=1S/C26H32O8/c1-29-21(27)25-15-11-3-5-24(33-9-10-34-24)18(11)20-13(15)14-16(26(20,25)22(28)30-2)12-4-6-23(17(12)19(14)25)31-7-8-32-23/h11-20H,3-10H2,1-2H3. The van der Waals surface area contributed by atoms with Gasteiger partial charge in [0, 0.05) is 24.7 Å². The first kappa shape index (κ1) is 19.9. The van der Waals surface area contributed by atoms with E-state index in [-0.39, 0.29) is 47.4 Å². The molecule has 2 saturated heterocycles. The van der Waals surface area contributed by atoms with E-state index < -0.39 is 22.4 Å². The van der Waals surface area contributed by atoms with Crippen LogP contribution < -0.4 is 0 Å². The molecule has 10 rings (SSSR count). The van der Waals surface area contributed by atoms with Crippen molar-refractivity contribution in [2.45, 2.75) is 37.3 Å². The quantitative estimate of drug-likeness (QED) is 0.560. The van der Waals surface area contributed by atoms with Crippen LogP contribution in [0.3, 0.4) is 0 Å². The van der Waals surface area contributed by atoms with Crippen LogP contribution in [0, 0.1) is 70.0 Å². The minimum absolute atomic E-state index is 0.0591. The van der Waals surface area contributed by atoms with Gasteiger partial charge in [-0.05, 0) is 60.2 Å². The number of hydrogen-bond donors (Lipinski definition) is 0. The molecule has 0 aromatic rings. The van der Waals surface area contributed by atoms with Crippen molar-refractivity contribution in [1.29, 1.82) is 0 Å². The lowest BCUT2D eigenvalue weighted by molar-refractivity contribution is -0.258. The van der Waals surface area contributed by atoms with Crippen molar-refractivity contribution in [3.8, 4) is 0 Å². The first-order chi connectivity index (χ1) is 16.5. The maximum Gasteiger partial charge on any atom is 0.313 e. The van der Waals surface area contributed by atoms with E-state index in [0.29, 0.717) is 50.1 Å². The van der Waals surface area contributed by atoms with Gasteiger partial charge in [0.25, 0.3) is 0 Å². The normalized spacial score (nSPS) is 59.0. The number of fused-ring (bicyclic) bond motifs is 4. The largest absolute Gasteiger partial charge is 0.469 e. The van der Waals surface area contributed by atoms with Crippen molar-refractivity contribution in [3.05, 3.63) is 0 Å². The van der Waals surface area contributed by atoms with E-state index in [1.807, 2.05) is 0 Å². The van der Waals surface area contributed by atoms with E-state index in [1.54, 1.807) is 0 Å². The lowest BCUT2D eigenvalue weighted by Crippen LogP contribution is -2.68. The van der Waals surface area contributed by atoms with Gasteiger partial charge in [0.05, 0.1) is 51.5 Å². The second kappa shape index (κ2) is 5.68. The number of methoxy groups -OCH3 is 2. The van der Waals surface area contributed by atoms with E-state index in [0.717, 1.165) is 25.7 Å². The molecule has 8 nitrogen and oxygen atoms in total. The summed E-state index contributed by atoms with van der Waals surface area (Å²) >= 11 is 0. The Kier molecular flexibility index (Phi) is 3.33. The molecule has 10 fully saturated rings. The molecule has 8 aliphatic carbocycles. The van der Waals surface area contributed by atoms with Crippen LogP contribution in [-0.4, -0.2) is 64.2 Å². The molecule has 10 aliphatic rings. The zero-order valence-electron chi connectivity index (χ0n) is 19.7. The Labute approximate surface area is 198 Å². The van der Waals surface area contributed by atoms with Gasteiger partial charge in [-0.15, -0.1) is 0 Å². The molecule has 12 atom stereocenters. The molecule has 0 aromatic heterocycles. The third-order valence-corrected chi connectivity index (χ3v) is 12.8. The zero-order valence-corrected chi connectivity index (χ0v) is 19.7. The molecular formula is C26H32O8. The van der Waals surface area contributed by atoms with E-state index in [2.05, 4.69) is 0 Å². The van der Waals surface area contributed by atoms with Crippen molar-refractivity contribution < 1.29 is 38.0 Å². The van der Waals surface area contributed by atoms with Gasteiger partial charge in [0.2, 0.25) is 0 Å². The summed E-state index contributed by atoms with van der Waals surface area (Å²) in [5.41, 5.74) is -1.70. The van der Waals surface area contributed by atoms with E-state index in [9.17, 15) is 9.59 Å². The highest BCUT2D eigenvalue weighted by Crippen LogP contribution is 2.98. The predicted molar refractivity (Wildman–Crippen MR) is 112 cm³/mol. The molecule has 2 aliphatic heterocycles. The van der Waals surface area contributed by atoms with Gasteiger partial charge >= 0.3 is 11.9 Å². The van der Waals surface area contributed by atoms with Crippen molar-refractivity contribution in [2.75, 3.05) is 40.6 Å².